The molecule has 1 aliphatic rings. The molecule has 2 aromatic heterocycles. The summed E-state index contributed by atoms with van der Waals surface area (Å²) in [5.74, 6) is 1.36. The number of anilines is 1. The Hall–Kier alpha value is -4.33. The van der Waals surface area contributed by atoms with Crippen LogP contribution in [-0.2, 0) is 22.4 Å². The van der Waals surface area contributed by atoms with Gasteiger partial charge < -0.3 is 19.5 Å². The minimum atomic E-state index is -0.393. The molecule has 0 radical (unpaired) electrons. The topological polar surface area (TPSA) is 111 Å². The van der Waals surface area contributed by atoms with Gasteiger partial charge in [-0.2, -0.15) is 5.26 Å². The van der Waals surface area contributed by atoms with Crippen molar-refractivity contribution in [3.8, 4) is 40.0 Å². The third-order valence-corrected chi connectivity index (χ3v) is 9.82. The lowest BCUT2D eigenvalue weighted by Crippen LogP contribution is -2.17. The molecule has 0 spiro atoms. The molecule has 1 aliphatic carbocycles. The summed E-state index contributed by atoms with van der Waals surface area (Å²) in [6, 6.07) is 19.5. The summed E-state index contributed by atoms with van der Waals surface area (Å²) >= 11 is 2.82. The number of hydrogen-bond donors (Lipinski definition) is 1. The zero-order chi connectivity index (χ0) is 31.9. The van der Waals surface area contributed by atoms with Crippen LogP contribution >= 0.6 is 23.1 Å². The van der Waals surface area contributed by atoms with Crippen molar-refractivity contribution in [2.24, 2.45) is 5.92 Å². The molecule has 1 amide bonds. The average Bonchev–Trinajstić information content (AvgIpc) is 3.40. The van der Waals surface area contributed by atoms with Crippen LogP contribution in [0.5, 0.6) is 11.5 Å². The molecule has 2 aromatic carbocycles. The van der Waals surface area contributed by atoms with Crippen LogP contribution in [0.15, 0.2) is 59.6 Å². The second-order valence-corrected chi connectivity index (χ2v) is 12.9. The normalized spacial score (nSPS) is 13.8. The van der Waals surface area contributed by atoms with Gasteiger partial charge in [-0.25, -0.2) is 9.78 Å². The number of para-hydroxylation sites is 1. The van der Waals surface area contributed by atoms with E-state index >= 15 is 0 Å². The highest BCUT2D eigenvalue weighted by atomic mass is 32.2. The maximum Gasteiger partial charge on any atom is 0.341 e. The number of rotatable bonds is 11. The molecule has 4 aromatic rings. The molecule has 5 rings (SSSR count). The van der Waals surface area contributed by atoms with Crippen molar-refractivity contribution in [2.45, 2.75) is 44.6 Å². The predicted octanol–water partition coefficient (Wildman–Crippen LogP) is 7.79. The fourth-order valence-electron chi connectivity index (χ4n) is 5.49. The monoisotopic (exact) mass is 641 g/mol. The van der Waals surface area contributed by atoms with Gasteiger partial charge in [-0.3, -0.25) is 4.79 Å². The predicted molar refractivity (Wildman–Crippen MR) is 178 cm³/mol. The van der Waals surface area contributed by atoms with E-state index in [2.05, 4.69) is 18.3 Å². The number of carbonyl (C=O) groups is 2. The van der Waals surface area contributed by atoms with Crippen molar-refractivity contribution in [3.05, 3.63) is 76.2 Å². The fourth-order valence-corrected chi connectivity index (χ4v) is 7.85. The number of carbonyl (C=O) groups excluding carboxylic acids is 2. The van der Waals surface area contributed by atoms with Crippen LogP contribution < -0.4 is 14.8 Å². The van der Waals surface area contributed by atoms with Crippen molar-refractivity contribution in [1.29, 1.82) is 5.26 Å². The average molecular weight is 642 g/mol. The van der Waals surface area contributed by atoms with Gasteiger partial charge >= 0.3 is 5.97 Å². The molecular formula is C35H35N3O5S2. The third kappa shape index (κ3) is 7.00. The summed E-state index contributed by atoms with van der Waals surface area (Å²) in [6.07, 6.45) is 2.85. The van der Waals surface area contributed by atoms with Crippen molar-refractivity contribution in [2.75, 3.05) is 31.9 Å². The van der Waals surface area contributed by atoms with Crippen LogP contribution in [0.4, 0.5) is 5.00 Å². The zero-order valence-corrected chi connectivity index (χ0v) is 27.4. The Bertz CT molecular complexity index is 1750. The molecule has 10 heteroatoms. The number of methoxy groups -OCH3 is 2. The number of amides is 1. The summed E-state index contributed by atoms with van der Waals surface area (Å²) in [7, 11) is 3.14. The molecule has 232 valence electrons. The largest absolute Gasteiger partial charge is 0.493 e. The zero-order valence-electron chi connectivity index (χ0n) is 25.8. The minimum absolute atomic E-state index is 0.159. The molecule has 1 unspecified atom stereocenters. The van der Waals surface area contributed by atoms with Gasteiger partial charge in [0.2, 0.25) is 5.91 Å². The lowest BCUT2D eigenvalue weighted by atomic mass is 9.88. The standard InChI is InChI=1S/C35H35N3O5S2/c1-5-43-35(40)31-24-15-14-21(2)18-29(24)45-34(31)38-30(39)16-17-44-33-26(20-36)25(19-27(37-33)22-10-7-6-8-11-22)23-12-9-13-28(41-3)32(23)42-4/h6-13,19,21H,5,14-18H2,1-4H3,(H,38,39). The van der Waals surface area contributed by atoms with Gasteiger partial charge in [0, 0.05) is 33.7 Å². The van der Waals surface area contributed by atoms with Crippen LogP contribution in [-0.4, -0.2) is 43.4 Å². The van der Waals surface area contributed by atoms with Gasteiger partial charge in [-0.1, -0.05) is 49.4 Å². The SMILES string of the molecule is CCOC(=O)c1c(NC(=O)CCSc2nc(-c3ccccc3)cc(-c3cccc(OC)c3OC)c2C#N)sc2c1CCC(C)C2. The molecule has 0 saturated heterocycles. The quantitative estimate of drug-likeness (QED) is 0.131. The summed E-state index contributed by atoms with van der Waals surface area (Å²) in [5, 5.41) is 14.4. The van der Waals surface area contributed by atoms with Crippen LogP contribution in [0, 0.1) is 17.2 Å². The molecule has 0 fully saturated rings. The lowest BCUT2D eigenvalue weighted by Gasteiger charge is -2.18. The number of hydrogen-bond acceptors (Lipinski definition) is 9. The first-order valence-electron chi connectivity index (χ1n) is 14.8. The first kappa shape index (κ1) is 32.1. The Kier molecular flexibility index (Phi) is 10.4. The Labute approximate surface area is 271 Å². The summed E-state index contributed by atoms with van der Waals surface area (Å²) in [6.45, 7) is 4.25. The number of esters is 1. The Balaban J connectivity index is 1.42. The molecule has 1 N–H and O–H groups in total. The van der Waals surface area contributed by atoms with E-state index in [4.69, 9.17) is 19.2 Å². The van der Waals surface area contributed by atoms with E-state index in [0.29, 0.717) is 61.1 Å². The molecule has 0 saturated carbocycles. The maximum atomic E-state index is 13.2. The highest BCUT2D eigenvalue weighted by Gasteiger charge is 2.29. The van der Waals surface area contributed by atoms with Gasteiger partial charge in [0.05, 0.1) is 37.6 Å². The summed E-state index contributed by atoms with van der Waals surface area (Å²) in [4.78, 5) is 32.1. The number of ether oxygens (including phenoxy) is 3. The van der Waals surface area contributed by atoms with Crippen LogP contribution in [0.1, 0.15) is 53.1 Å². The third-order valence-electron chi connectivity index (χ3n) is 7.67. The second-order valence-electron chi connectivity index (χ2n) is 10.7. The fraction of sp³-hybridized carbons (Fsp3) is 0.314. The lowest BCUT2D eigenvalue weighted by molar-refractivity contribution is -0.115. The highest BCUT2D eigenvalue weighted by Crippen LogP contribution is 2.43. The van der Waals surface area contributed by atoms with Gasteiger partial charge in [-0.15, -0.1) is 23.1 Å². The maximum absolute atomic E-state index is 13.2. The number of fused-ring (bicyclic) bond motifs is 1. The molecule has 1 atom stereocenters. The smallest absolute Gasteiger partial charge is 0.341 e. The first-order chi connectivity index (χ1) is 21.9. The van der Waals surface area contributed by atoms with Crippen molar-refractivity contribution >= 4 is 40.0 Å². The van der Waals surface area contributed by atoms with Crippen molar-refractivity contribution in [3.63, 3.8) is 0 Å². The van der Waals surface area contributed by atoms with Crippen LogP contribution in [0.25, 0.3) is 22.4 Å². The number of thioether (sulfide) groups is 1. The van der Waals surface area contributed by atoms with Crippen molar-refractivity contribution in [1.82, 2.24) is 4.98 Å². The van der Waals surface area contributed by atoms with E-state index in [1.165, 1.54) is 23.1 Å². The van der Waals surface area contributed by atoms with Gasteiger partial charge in [0.1, 0.15) is 16.1 Å². The summed E-state index contributed by atoms with van der Waals surface area (Å²) in [5.41, 5.74) is 4.83. The molecule has 2 heterocycles. The number of thiophene rings is 1. The van der Waals surface area contributed by atoms with Gasteiger partial charge in [-0.05, 0) is 49.8 Å². The number of nitrogens with zero attached hydrogens (tertiary/aromatic N) is 2. The Morgan fingerprint density at radius 2 is 1.91 bits per heavy atom. The Morgan fingerprint density at radius 1 is 1.11 bits per heavy atom. The molecular weight excluding hydrogens is 607 g/mol. The van der Waals surface area contributed by atoms with Crippen molar-refractivity contribution < 1.29 is 23.8 Å². The van der Waals surface area contributed by atoms with Crippen LogP contribution in [0.2, 0.25) is 0 Å². The Morgan fingerprint density at radius 3 is 2.62 bits per heavy atom. The van der Waals surface area contributed by atoms with E-state index in [9.17, 15) is 14.9 Å². The van der Waals surface area contributed by atoms with Gasteiger partial charge in [0.25, 0.3) is 0 Å². The molecule has 0 bridgehead atoms. The van der Waals surface area contributed by atoms with E-state index < -0.39 is 5.97 Å². The van der Waals surface area contributed by atoms with E-state index in [0.717, 1.165) is 35.3 Å². The van der Waals surface area contributed by atoms with E-state index in [-0.39, 0.29) is 18.9 Å². The molecule has 0 aliphatic heterocycles. The first-order valence-corrected chi connectivity index (χ1v) is 16.6. The molecule has 45 heavy (non-hydrogen) atoms. The number of aromatic nitrogens is 1. The van der Waals surface area contributed by atoms with E-state index in [1.807, 2.05) is 48.5 Å². The number of nitrogens with one attached hydrogen (secondary N) is 1. The van der Waals surface area contributed by atoms with Crippen LogP contribution in [0.3, 0.4) is 0 Å². The number of pyridine rings is 1. The number of nitriles is 1. The minimum Gasteiger partial charge on any atom is -0.493 e. The molecule has 8 nitrogen and oxygen atoms in total. The van der Waals surface area contributed by atoms with Gasteiger partial charge in [0.15, 0.2) is 11.5 Å². The highest BCUT2D eigenvalue weighted by molar-refractivity contribution is 7.99. The summed E-state index contributed by atoms with van der Waals surface area (Å²) < 4.78 is 16.6. The van der Waals surface area contributed by atoms with E-state index in [1.54, 1.807) is 27.2 Å². The second kappa shape index (κ2) is 14.6. The number of benzene rings is 2.